The van der Waals surface area contributed by atoms with Gasteiger partial charge in [0.1, 0.15) is 0 Å². The van der Waals surface area contributed by atoms with Crippen molar-refractivity contribution in [1.29, 1.82) is 0 Å². The fourth-order valence-corrected chi connectivity index (χ4v) is 3.17. The zero-order valence-electron chi connectivity index (χ0n) is 10.7. The molecule has 0 bridgehead atoms. The minimum Gasteiger partial charge on any atom is -0.313 e. The van der Waals surface area contributed by atoms with Crippen LogP contribution < -0.4 is 9.21 Å². The van der Waals surface area contributed by atoms with Crippen molar-refractivity contribution in [3.8, 4) is 0 Å². The first-order valence-electron chi connectivity index (χ1n) is 5.66. The minimum absolute atomic E-state index is 0.0759. The van der Waals surface area contributed by atoms with E-state index < -0.39 is 10.0 Å². The van der Waals surface area contributed by atoms with Gasteiger partial charge in [0, 0.05) is 20.0 Å². The van der Waals surface area contributed by atoms with E-state index in [2.05, 4.69) is 0 Å². The molecule has 0 N–H and O–H groups in total. The van der Waals surface area contributed by atoms with Gasteiger partial charge in [0.15, 0.2) is 0 Å². The molecule has 0 unspecified atom stereocenters. The van der Waals surface area contributed by atoms with Crippen molar-refractivity contribution >= 4 is 27.3 Å². The summed E-state index contributed by atoms with van der Waals surface area (Å²) in [5.41, 5.74) is 2.09. The summed E-state index contributed by atoms with van der Waals surface area (Å²) in [5, 5.41) is 0. The SMILES string of the molecule is Cc1cccc2c1N(S(C)(=O)=O)CCC(=O)N2C. The maximum atomic E-state index is 11.9. The van der Waals surface area contributed by atoms with E-state index in [1.807, 2.05) is 19.1 Å². The largest absolute Gasteiger partial charge is 0.313 e. The fraction of sp³-hybridized carbons (Fsp3) is 0.417. The second-order valence-electron chi connectivity index (χ2n) is 4.48. The third kappa shape index (κ3) is 2.08. The highest BCUT2D eigenvalue weighted by Crippen LogP contribution is 2.36. The van der Waals surface area contributed by atoms with Gasteiger partial charge >= 0.3 is 0 Å². The van der Waals surface area contributed by atoms with Crippen LogP contribution in [0.4, 0.5) is 11.4 Å². The molecule has 98 valence electrons. The molecule has 1 amide bonds. The van der Waals surface area contributed by atoms with E-state index in [0.29, 0.717) is 11.4 Å². The van der Waals surface area contributed by atoms with E-state index in [1.54, 1.807) is 13.1 Å². The molecule has 0 atom stereocenters. The van der Waals surface area contributed by atoms with Gasteiger partial charge in [0.2, 0.25) is 15.9 Å². The number of amides is 1. The highest BCUT2D eigenvalue weighted by Gasteiger charge is 2.29. The number of carbonyl (C=O) groups excluding carboxylic acids is 1. The number of nitrogens with zero attached hydrogens (tertiary/aromatic N) is 2. The summed E-state index contributed by atoms with van der Waals surface area (Å²) in [7, 11) is -1.70. The highest BCUT2D eigenvalue weighted by molar-refractivity contribution is 7.92. The van der Waals surface area contributed by atoms with E-state index >= 15 is 0 Å². The first kappa shape index (κ1) is 12.9. The lowest BCUT2D eigenvalue weighted by Crippen LogP contribution is -2.31. The number of hydrogen-bond acceptors (Lipinski definition) is 3. The molecule has 0 aliphatic carbocycles. The van der Waals surface area contributed by atoms with Crippen LogP contribution in [0, 0.1) is 6.92 Å². The van der Waals surface area contributed by atoms with Gasteiger partial charge in [-0.25, -0.2) is 8.42 Å². The van der Waals surface area contributed by atoms with Crippen molar-refractivity contribution in [2.24, 2.45) is 0 Å². The highest BCUT2D eigenvalue weighted by atomic mass is 32.2. The molecule has 18 heavy (non-hydrogen) atoms. The third-order valence-electron chi connectivity index (χ3n) is 3.13. The maximum Gasteiger partial charge on any atom is 0.232 e. The summed E-state index contributed by atoms with van der Waals surface area (Å²) >= 11 is 0. The molecule has 1 aliphatic rings. The van der Waals surface area contributed by atoms with Gasteiger partial charge in [-0.1, -0.05) is 12.1 Å². The summed E-state index contributed by atoms with van der Waals surface area (Å²) in [4.78, 5) is 13.4. The van der Waals surface area contributed by atoms with E-state index in [1.165, 1.54) is 15.5 Å². The summed E-state index contributed by atoms with van der Waals surface area (Å²) in [6.45, 7) is 2.04. The first-order chi connectivity index (χ1) is 8.32. The van der Waals surface area contributed by atoms with Gasteiger partial charge in [-0.3, -0.25) is 9.10 Å². The van der Waals surface area contributed by atoms with Gasteiger partial charge in [-0.2, -0.15) is 0 Å². The molecular weight excluding hydrogens is 252 g/mol. The average molecular weight is 268 g/mol. The molecule has 0 saturated carbocycles. The third-order valence-corrected chi connectivity index (χ3v) is 4.30. The second kappa shape index (κ2) is 4.28. The number of benzene rings is 1. The molecule has 0 spiro atoms. The molecule has 0 fully saturated rings. The predicted octanol–water partition coefficient (Wildman–Crippen LogP) is 1.13. The van der Waals surface area contributed by atoms with Crippen LogP contribution in [0.1, 0.15) is 12.0 Å². The van der Waals surface area contributed by atoms with Crippen LogP contribution in [0.3, 0.4) is 0 Å². The number of aryl methyl sites for hydroxylation is 1. The smallest absolute Gasteiger partial charge is 0.232 e. The van der Waals surface area contributed by atoms with Crippen molar-refractivity contribution < 1.29 is 13.2 Å². The van der Waals surface area contributed by atoms with Crippen molar-refractivity contribution in [2.75, 3.05) is 29.1 Å². The number of fused-ring (bicyclic) bond motifs is 1. The Morgan fingerprint density at radius 1 is 1.28 bits per heavy atom. The molecule has 1 aromatic carbocycles. The summed E-state index contributed by atoms with van der Waals surface area (Å²) in [6.07, 6.45) is 1.36. The fourth-order valence-electron chi connectivity index (χ4n) is 2.18. The molecule has 1 aliphatic heterocycles. The Bertz CT molecular complexity index is 595. The van der Waals surface area contributed by atoms with Crippen molar-refractivity contribution in [3.63, 3.8) is 0 Å². The van der Waals surface area contributed by atoms with Crippen molar-refractivity contribution in [3.05, 3.63) is 23.8 Å². The molecule has 5 nitrogen and oxygen atoms in total. The molecule has 0 saturated heterocycles. The number of para-hydroxylation sites is 1. The van der Waals surface area contributed by atoms with Crippen LogP contribution in [0.15, 0.2) is 18.2 Å². The molecule has 6 heteroatoms. The van der Waals surface area contributed by atoms with Gasteiger partial charge in [-0.05, 0) is 18.6 Å². The van der Waals surface area contributed by atoms with E-state index in [0.717, 1.165) is 5.56 Å². The molecular formula is C12H16N2O3S. The van der Waals surface area contributed by atoms with Crippen LogP contribution in [-0.4, -0.2) is 34.2 Å². The van der Waals surface area contributed by atoms with Gasteiger partial charge in [-0.15, -0.1) is 0 Å². The lowest BCUT2D eigenvalue weighted by molar-refractivity contribution is -0.118. The number of hydrogen-bond donors (Lipinski definition) is 0. The zero-order valence-corrected chi connectivity index (χ0v) is 11.5. The quantitative estimate of drug-likeness (QED) is 0.767. The second-order valence-corrected chi connectivity index (χ2v) is 6.39. The normalized spacial score (nSPS) is 16.5. The topological polar surface area (TPSA) is 57.7 Å². The van der Waals surface area contributed by atoms with E-state index in [4.69, 9.17) is 0 Å². The van der Waals surface area contributed by atoms with Crippen LogP contribution in [-0.2, 0) is 14.8 Å². The van der Waals surface area contributed by atoms with Crippen LogP contribution in [0.5, 0.6) is 0 Å². The lowest BCUT2D eigenvalue weighted by atomic mass is 10.1. The van der Waals surface area contributed by atoms with Gasteiger partial charge < -0.3 is 4.90 Å². The Labute approximate surface area is 107 Å². The minimum atomic E-state index is -3.38. The Morgan fingerprint density at radius 2 is 1.94 bits per heavy atom. The number of sulfonamides is 1. The molecule has 0 aromatic heterocycles. The monoisotopic (exact) mass is 268 g/mol. The predicted molar refractivity (Wildman–Crippen MR) is 71.4 cm³/mol. The zero-order chi connectivity index (χ0) is 13.5. The lowest BCUT2D eigenvalue weighted by Gasteiger charge is -2.25. The van der Waals surface area contributed by atoms with Gasteiger partial charge in [0.05, 0.1) is 17.6 Å². The standard InChI is InChI=1S/C12H16N2O3S/c1-9-5-4-6-10-12(9)14(18(3,16)17)8-7-11(15)13(10)2/h4-6H,7-8H2,1-3H3. The van der Waals surface area contributed by atoms with Crippen LogP contribution in [0.2, 0.25) is 0 Å². The van der Waals surface area contributed by atoms with Gasteiger partial charge in [0.25, 0.3) is 0 Å². The average Bonchev–Trinajstić information content (AvgIpc) is 2.39. The molecule has 2 rings (SSSR count). The Balaban J connectivity index is 2.71. The van der Waals surface area contributed by atoms with E-state index in [-0.39, 0.29) is 18.9 Å². The van der Waals surface area contributed by atoms with E-state index in [9.17, 15) is 13.2 Å². The molecule has 1 aromatic rings. The number of carbonyl (C=O) groups is 1. The summed E-state index contributed by atoms with van der Waals surface area (Å²) in [6, 6.07) is 5.44. The van der Waals surface area contributed by atoms with Crippen LogP contribution in [0.25, 0.3) is 0 Å². The van der Waals surface area contributed by atoms with Crippen molar-refractivity contribution in [1.82, 2.24) is 0 Å². The maximum absolute atomic E-state index is 11.9. The summed E-state index contributed by atoms with van der Waals surface area (Å²) < 4.78 is 25.0. The summed E-state index contributed by atoms with van der Waals surface area (Å²) in [5.74, 6) is -0.0759. The Morgan fingerprint density at radius 3 is 2.56 bits per heavy atom. The number of anilines is 2. The Kier molecular flexibility index (Phi) is 3.06. The molecule has 0 radical (unpaired) electrons. The number of rotatable bonds is 1. The molecule has 1 heterocycles. The van der Waals surface area contributed by atoms with Crippen LogP contribution >= 0.6 is 0 Å². The van der Waals surface area contributed by atoms with Crippen molar-refractivity contribution in [2.45, 2.75) is 13.3 Å². The first-order valence-corrected chi connectivity index (χ1v) is 7.51. The Hall–Kier alpha value is -1.56.